The first-order valence-electron chi connectivity index (χ1n) is 7.69. The molecule has 0 radical (unpaired) electrons. The highest BCUT2D eigenvalue weighted by Gasteiger charge is 2.09. The van der Waals surface area contributed by atoms with E-state index in [0.29, 0.717) is 6.54 Å². The molecule has 0 spiro atoms. The fourth-order valence-corrected chi connectivity index (χ4v) is 2.52. The first kappa shape index (κ1) is 19.2. The largest absolute Gasteiger partial charge is 0.355 e. The van der Waals surface area contributed by atoms with Gasteiger partial charge >= 0.3 is 0 Å². The summed E-state index contributed by atoms with van der Waals surface area (Å²) in [6.45, 7) is 5.01. The van der Waals surface area contributed by atoms with Gasteiger partial charge in [-0.05, 0) is 43.6 Å². The second-order valence-corrected chi connectivity index (χ2v) is 5.38. The van der Waals surface area contributed by atoms with Crippen LogP contribution in [0.5, 0.6) is 0 Å². The summed E-state index contributed by atoms with van der Waals surface area (Å²) in [6.07, 6.45) is 4.00. The lowest BCUT2D eigenvalue weighted by molar-refractivity contribution is 0.232. The number of benzene rings is 1. The van der Waals surface area contributed by atoms with Crippen molar-refractivity contribution in [1.29, 1.82) is 0 Å². The molecule has 2 rings (SSSR count). The molecule has 22 heavy (non-hydrogen) atoms. The molecule has 124 valence electrons. The molecule has 1 heterocycles. The van der Waals surface area contributed by atoms with Crippen LogP contribution in [0.3, 0.4) is 0 Å². The maximum absolute atomic E-state index is 12.8. The molecule has 0 unspecified atom stereocenters. The van der Waals surface area contributed by atoms with Gasteiger partial charge in [0, 0.05) is 26.7 Å². The molecule has 0 aromatic heterocycles. The lowest BCUT2D eigenvalue weighted by Gasteiger charge is -2.26. The Balaban J connectivity index is 0.00000242. The van der Waals surface area contributed by atoms with Gasteiger partial charge in [-0.1, -0.05) is 18.6 Å². The maximum atomic E-state index is 12.8. The van der Waals surface area contributed by atoms with Crippen molar-refractivity contribution in [3.8, 4) is 0 Å². The highest BCUT2D eigenvalue weighted by Crippen LogP contribution is 2.07. The van der Waals surface area contributed by atoms with Crippen LogP contribution in [0.2, 0.25) is 0 Å². The van der Waals surface area contributed by atoms with E-state index in [1.165, 1.54) is 44.5 Å². The Labute approximate surface area is 149 Å². The number of piperidine rings is 1. The van der Waals surface area contributed by atoms with E-state index in [1.807, 2.05) is 0 Å². The highest BCUT2D eigenvalue weighted by molar-refractivity contribution is 14.0. The molecular formula is C16H26FIN4. The third-order valence-electron chi connectivity index (χ3n) is 3.77. The molecule has 0 amide bonds. The normalized spacial score (nSPS) is 16.0. The second-order valence-electron chi connectivity index (χ2n) is 5.38. The fourth-order valence-electron chi connectivity index (χ4n) is 2.52. The molecule has 6 heteroatoms. The van der Waals surface area contributed by atoms with Crippen LogP contribution in [0.15, 0.2) is 29.3 Å². The Kier molecular flexibility index (Phi) is 9.38. The molecule has 0 atom stereocenters. The van der Waals surface area contributed by atoms with Crippen molar-refractivity contribution < 1.29 is 4.39 Å². The Hall–Kier alpha value is -0.890. The summed E-state index contributed by atoms with van der Waals surface area (Å²) in [7, 11) is 1.76. The van der Waals surface area contributed by atoms with Crippen LogP contribution >= 0.6 is 24.0 Å². The Morgan fingerprint density at radius 1 is 1.14 bits per heavy atom. The molecule has 1 fully saturated rings. The molecular weight excluding hydrogens is 394 g/mol. The third kappa shape index (κ3) is 6.91. The van der Waals surface area contributed by atoms with Crippen molar-refractivity contribution >= 4 is 29.9 Å². The molecule has 0 aliphatic carbocycles. The number of guanidine groups is 1. The van der Waals surface area contributed by atoms with Crippen LogP contribution in [0, 0.1) is 5.82 Å². The van der Waals surface area contributed by atoms with Crippen molar-refractivity contribution in [2.24, 2.45) is 4.99 Å². The molecule has 1 aliphatic rings. The van der Waals surface area contributed by atoms with Gasteiger partial charge in [-0.3, -0.25) is 4.99 Å². The SMILES string of the molecule is CN=C(NCCN1CCCCC1)NCc1ccc(F)cc1.I. The zero-order valence-corrected chi connectivity index (χ0v) is 15.5. The standard InChI is InChI=1S/C16H25FN4.HI/c1-18-16(19-9-12-21-10-3-2-4-11-21)20-13-14-5-7-15(17)8-6-14;/h5-8H,2-4,9-13H2,1H3,(H2,18,19,20);1H. The first-order valence-corrected chi connectivity index (χ1v) is 7.69. The summed E-state index contributed by atoms with van der Waals surface area (Å²) >= 11 is 0. The zero-order chi connectivity index (χ0) is 14.9. The second kappa shape index (κ2) is 10.8. The fraction of sp³-hybridized carbons (Fsp3) is 0.562. The van der Waals surface area contributed by atoms with E-state index in [2.05, 4.69) is 20.5 Å². The molecule has 4 nitrogen and oxygen atoms in total. The predicted octanol–water partition coefficient (Wildman–Crippen LogP) is 2.59. The van der Waals surface area contributed by atoms with Crippen LogP contribution in [0.25, 0.3) is 0 Å². The number of hydrogen-bond donors (Lipinski definition) is 2. The van der Waals surface area contributed by atoms with Gasteiger partial charge in [-0.15, -0.1) is 24.0 Å². The Morgan fingerprint density at radius 3 is 2.45 bits per heavy atom. The number of nitrogens with one attached hydrogen (secondary N) is 2. The summed E-state index contributed by atoms with van der Waals surface area (Å²) < 4.78 is 12.8. The minimum Gasteiger partial charge on any atom is -0.355 e. The predicted molar refractivity (Wildman–Crippen MR) is 100 cm³/mol. The molecule has 1 saturated heterocycles. The zero-order valence-electron chi connectivity index (χ0n) is 13.1. The molecule has 0 saturated carbocycles. The summed E-state index contributed by atoms with van der Waals surface area (Å²) in [5.74, 6) is 0.583. The summed E-state index contributed by atoms with van der Waals surface area (Å²) in [6, 6.07) is 6.51. The number of likely N-dealkylation sites (tertiary alicyclic amines) is 1. The van der Waals surface area contributed by atoms with E-state index < -0.39 is 0 Å². The van der Waals surface area contributed by atoms with E-state index in [1.54, 1.807) is 19.2 Å². The average Bonchev–Trinajstić information content (AvgIpc) is 2.53. The van der Waals surface area contributed by atoms with Gasteiger partial charge in [-0.25, -0.2) is 4.39 Å². The molecule has 0 bridgehead atoms. The number of rotatable bonds is 5. The minimum absolute atomic E-state index is 0. The quantitative estimate of drug-likeness (QED) is 0.437. The van der Waals surface area contributed by atoms with Gasteiger partial charge in [0.15, 0.2) is 5.96 Å². The van der Waals surface area contributed by atoms with Crippen LogP contribution < -0.4 is 10.6 Å². The number of aliphatic imine (C=N–C) groups is 1. The Bertz CT molecular complexity index is 444. The number of halogens is 2. The number of hydrogen-bond acceptors (Lipinski definition) is 2. The smallest absolute Gasteiger partial charge is 0.191 e. The van der Waals surface area contributed by atoms with Gasteiger partial charge in [0.1, 0.15) is 5.82 Å². The third-order valence-corrected chi connectivity index (χ3v) is 3.77. The van der Waals surface area contributed by atoms with Gasteiger partial charge in [0.05, 0.1) is 0 Å². The Morgan fingerprint density at radius 2 is 1.82 bits per heavy atom. The summed E-state index contributed by atoms with van der Waals surface area (Å²) in [5, 5.41) is 6.56. The van der Waals surface area contributed by atoms with Crippen LogP contribution in [-0.4, -0.2) is 44.1 Å². The van der Waals surface area contributed by atoms with Crippen LogP contribution in [0.1, 0.15) is 24.8 Å². The van der Waals surface area contributed by atoms with E-state index in [4.69, 9.17) is 0 Å². The van der Waals surface area contributed by atoms with Gasteiger partial charge in [0.25, 0.3) is 0 Å². The van der Waals surface area contributed by atoms with Gasteiger partial charge in [-0.2, -0.15) is 0 Å². The summed E-state index contributed by atoms with van der Waals surface area (Å²) in [5.41, 5.74) is 1.04. The average molecular weight is 420 g/mol. The summed E-state index contributed by atoms with van der Waals surface area (Å²) in [4.78, 5) is 6.69. The van der Waals surface area contributed by atoms with Crippen molar-refractivity contribution in [3.63, 3.8) is 0 Å². The van der Waals surface area contributed by atoms with E-state index in [9.17, 15) is 4.39 Å². The minimum atomic E-state index is -0.206. The molecule has 2 N–H and O–H groups in total. The van der Waals surface area contributed by atoms with Crippen molar-refractivity contribution in [2.45, 2.75) is 25.8 Å². The molecule has 1 aliphatic heterocycles. The van der Waals surface area contributed by atoms with E-state index in [0.717, 1.165) is 24.6 Å². The van der Waals surface area contributed by atoms with E-state index in [-0.39, 0.29) is 29.8 Å². The van der Waals surface area contributed by atoms with Crippen molar-refractivity contribution in [1.82, 2.24) is 15.5 Å². The van der Waals surface area contributed by atoms with E-state index >= 15 is 0 Å². The molecule has 1 aromatic carbocycles. The van der Waals surface area contributed by atoms with Gasteiger partial charge in [0.2, 0.25) is 0 Å². The van der Waals surface area contributed by atoms with Crippen LogP contribution in [0.4, 0.5) is 4.39 Å². The topological polar surface area (TPSA) is 39.7 Å². The maximum Gasteiger partial charge on any atom is 0.191 e. The first-order chi connectivity index (χ1) is 10.3. The van der Waals surface area contributed by atoms with Crippen molar-refractivity contribution in [2.75, 3.05) is 33.2 Å². The van der Waals surface area contributed by atoms with Crippen molar-refractivity contribution in [3.05, 3.63) is 35.6 Å². The molecule has 1 aromatic rings. The van der Waals surface area contributed by atoms with Crippen LogP contribution in [-0.2, 0) is 6.54 Å². The van der Waals surface area contributed by atoms with Gasteiger partial charge < -0.3 is 15.5 Å². The lowest BCUT2D eigenvalue weighted by Crippen LogP contribution is -2.42. The lowest BCUT2D eigenvalue weighted by atomic mass is 10.1. The highest BCUT2D eigenvalue weighted by atomic mass is 127. The number of nitrogens with zero attached hydrogens (tertiary/aromatic N) is 2. The monoisotopic (exact) mass is 420 g/mol.